The molecule has 3 rings (SSSR count). The number of hydrogen-bond acceptors (Lipinski definition) is 4. The van der Waals surface area contributed by atoms with Gasteiger partial charge in [-0.3, -0.25) is 9.79 Å². The molecule has 2 unspecified atom stereocenters. The van der Waals surface area contributed by atoms with E-state index in [4.69, 9.17) is 11.0 Å². The zero-order chi connectivity index (χ0) is 20.5. The number of carbonyl (C=O) groups is 1. The van der Waals surface area contributed by atoms with Crippen molar-refractivity contribution in [3.05, 3.63) is 63.6 Å². The first-order valence-corrected chi connectivity index (χ1v) is 9.22. The largest absolute Gasteiger partial charge is 0.416 e. The second kappa shape index (κ2) is 7.86. The van der Waals surface area contributed by atoms with Crippen LogP contribution in [0.15, 0.2) is 51.9 Å². The number of Topliss-reactive ketones (excluding diaryl/α,β-unsaturated/α-hetero) is 1. The molecule has 1 aliphatic rings. The first-order valence-electron chi connectivity index (χ1n) is 8.43. The molecule has 0 aliphatic heterocycles. The molecule has 2 aromatic rings. The summed E-state index contributed by atoms with van der Waals surface area (Å²) in [4.78, 5) is 16.8. The third-order valence-corrected chi connectivity index (χ3v) is 5.31. The van der Waals surface area contributed by atoms with Crippen molar-refractivity contribution >= 4 is 33.1 Å². The Hall–Kier alpha value is -2.50. The van der Waals surface area contributed by atoms with E-state index in [1.54, 1.807) is 18.2 Å². The highest BCUT2D eigenvalue weighted by Gasteiger charge is 2.37. The van der Waals surface area contributed by atoms with Crippen LogP contribution in [0.5, 0.6) is 0 Å². The Bertz CT molecular complexity index is 995. The van der Waals surface area contributed by atoms with Gasteiger partial charge in [0.05, 0.1) is 28.8 Å². The summed E-state index contributed by atoms with van der Waals surface area (Å²) in [6.07, 6.45) is -3.88. The molecule has 1 fully saturated rings. The Morgan fingerprint density at radius 1 is 1.21 bits per heavy atom. The summed E-state index contributed by atoms with van der Waals surface area (Å²) >= 11 is 3.37. The van der Waals surface area contributed by atoms with Crippen LogP contribution in [0.3, 0.4) is 0 Å². The van der Waals surface area contributed by atoms with E-state index < -0.39 is 23.7 Å². The van der Waals surface area contributed by atoms with Crippen LogP contribution >= 0.6 is 15.9 Å². The number of rotatable bonds is 3. The van der Waals surface area contributed by atoms with Crippen LogP contribution in [0, 0.1) is 17.2 Å². The minimum Gasteiger partial charge on any atom is -0.323 e. The molecule has 2 N–H and O–H groups in total. The molecule has 4 nitrogen and oxygen atoms in total. The molecule has 0 aromatic heterocycles. The van der Waals surface area contributed by atoms with Gasteiger partial charge in [-0.25, -0.2) is 0 Å². The lowest BCUT2D eigenvalue weighted by molar-refractivity contribution is -0.137. The molecular formula is C20H15BrF3N3O. The van der Waals surface area contributed by atoms with Gasteiger partial charge in [0.15, 0.2) is 0 Å². The molecule has 0 saturated heterocycles. The lowest BCUT2D eigenvalue weighted by Crippen LogP contribution is -2.29. The Morgan fingerprint density at radius 3 is 2.61 bits per heavy atom. The zero-order valence-electron chi connectivity index (χ0n) is 14.5. The topological polar surface area (TPSA) is 79.2 Å². The average Bonchev–Trinajstić information content (AvgIpc) is 3.00. The van der Waals surface area contributed by atoms with Crippen LogP contribution in [-0.4, -0.2) is 11.5 Å². The first-order chi connectivity index (χ1) is 13.2. The fourth-order valence-corrected chi connectivity index (χ4v) is 3.89. The minimum absolute atomic E-state index is 0.102. The minimum atomic E-state index is -4.47. The number of aliphatic imine (C=N–C) groups is 1. The van der Waals surface area contributed by atoms with E-state index in [1.807, 2.05) is 6.07 Å². The average molecular weight is 450 g/mol. The highest BCUT2D eigenvalue weighted by Crippen LogP contribution is 2.36. The Balaban J connectivity index is 1.96. The lowest BCUT2D eigenvalue weighted by Gasteiger charge is -2.21. The van der Waals surface area contributed by atoms with Crippen LogP contribution in [0.4, 0.5) is 18.9 Å². The highest BCUT2D eigenvalue weighted by molar-refractivity contribution is 9.10. The summed E-state index contributed by atoms with van der Waals surface area (Å²) in [5, 5.41) is 8.98. The Kier molecular flexibility index (Phi) is 5.68. The Morgan fingerprint density at radius 2 is 1.96 bits per heavy atom. The van der Waals surface area contributed by atoms with Crippen molar-refractivity contribution in [3.8, 4) is 6.07 Å². The number of nitrogens with two attached hydrogens (primary N) is 1. The maximum Gasteiger partial charge on any atom is 0.416 e. The number of halogens is 4. The zero-order valence-corrected chi connectivity index (χ0v) is 16.1. The summed E-state index contributed by atoms with van der Waals surface area (Å²) in [5.74, 6) is -0.826. The summed E-state index contributed by atoms with van der Waals surface area (Å²) in [6.45, 7) is 0. The number of carbonyl (C=O) groups excluding carboxylic acids is 1. The van der Waals surface area contributed by atoms with E-state index in [2.05, 4.69) is 20.9 Å². The molecular weight excluding hydrogens is 435 g/mol. The highest BCUT2D eigenvalue weighted by atomic mass is 79.9. The summed E-state index contributed by atoms with van der Waals surface area (Å²) < 4.78 is 39.4. The number of alkyl halides is 3. The van der Waals surface area contributed by atoms with Gasteiger partial charge >= 0.3 is 6.18 Å². The number of ketones is 1. The quantitative estimate of drug-likeness (QED) is 0.708. The summed E-state index contributed by atoms with van der Waals surface area (Å²) in [7, 11) is 0. The van der Waals surface area contributed by atoms with Crippen LogP contribution in [-0.2, 0) is 11.0 Å². The van der Waals surface area contributed by atoms with Crippen LogP contribution in [0.25, 0.3) is 0 Å². The number of nitriles is 1. The SMILES string of the molecule is N#Cc1ccc(C(N)C2C(=O)CCC2=Nc2cccc(C(F)(F)F)c2)c(Br)c1. The van der Waals surface area contributed by atoms with Crippen molar-refractivity contribution in [3.63, 3.8) is 0 Å². The molecule has 0 spiro atoms. The number of benzene rings is 2. The predicted molar refractivity (Wildman–Crippen MR) is 102 cm³/mol. The van der Waals surface area contributed by atoms with Crippen molar-refractivity contribution in [1.29, 1.82) is 5.26 Å². The van der Waals surface area contributed by atoms with Gasteiger partial charge in [0.25, 0.3) is 0 Å². The van der Waals surface area contributed by atoms with E-state index in [0.29, 0.717) is 27.7 Å². The van der Waals surface area contributed by atoms with E-state index in [0.717, 1.165) is 12.1 Å². The van der Waals surface area contributed by atoms with E-state index in [9.17, 15) is 18.0 Å². The van der Waals surface area contributed by atoms with Gasteiger partial charge in [0, 0.05) is 22.6 Å². The van der Waals surface area contributed by atoms with Gasteiger partial charge in [-0.05, 0) is 42.3 Å². The molecule has 1 aliphatic carbocycles. The molecule has 2 aromatic carbocycles. The summed E-state index contributed by atoms with van der Waals surface area (Å²) in [5.41, 5.74) is 7.21. The van der Waals surface area contributed by atoms with Crippen molar-refractivity contribution < 1.29 is 18.0 Å². The van der Waals surface area contributed by atoms with Gasteiger partial charge in [-0.15, -0.1) is 0 Å². The predicted octanol–water partition coefficient (Wildman–Crippen LogP) is 5.09. The third kappa shape index (κ3) is 4.16. The number of hydrogen-bond donors (Lipinski definition) is 1. The van der Waals surface area contributed by atoms with E-state index in [1.165, 1.54) is 12.1 Å². The van der Waals surface area contributed by atoms with Crippen LogP contribution in [0.2, 0.25) is 0 Å². The Labute approximate surface area is 168 Å². The summed E-state index contributed by atoms with van der Waals surface area (Å²) in [6, 6.07) is 10.8. The van der Waals surface area contributed by atoms with Crippen LogP contribution in [0.1, 0.15) is 35.6 Å². The normalized spacial score (nSPS) is 19.6. The first kappa shape index (κ1) is 20.2. The van der Waals surface area contributed by atoms with Gasteiger partial charge in [-0.2, -0.15) is 18.4 Å². The molecule has 144 valence electrons. The molecule has 1 saturated carbocycles. The molecule has 8 heteroatoms. The van der Waals surface area contributed by atoms with E-state index >= 15 is 0 Å². The van der Waals surface area contributed by atoms with Gasteiger partial charge in [0.2, 0.25) is 0 Å². The molecule has 28 heavy (non-hydrogen) atoms. The van der Waals surface area contributed by atoms with Gasteiger partial charge in [-0.1, -0.05) is 28.1 Å². The third-order valence-electron chi connectivity index (χ3n) is 4.63. The number of nitrogens with zero attached hydrogens (tertiary/aromatic N) is 2. The van der Waals surface area contributed by atoms with Crippen molar-refractivity contribution in [2.24, 2.45) is 16.6 Å². The molecule has 0 radical (unpaired) electrons. The second-order valence-corrected chi connectivity index (χ2v) is 7.32. The van der Waals surface area contributed by atoms with Gasteiger partial charge in [0.1, 0.15) is 5.78 Å². The van der Waals surface area contributed by atoms with Crippen molar-refractivity contribution in [1.82, 2.24) is 0 Å². The molecule has 0 amide bonds. The lowest BCUT2D eigenvalue weighted by atomic mass is 9.90. The molecule has 2 atom stereocenters. The van der Waals surface area contributed by atoms with Crippen LogP contribution < -0.4 is 5.73 Å². The fraction of sp³-hybridized carbons (Fsp3) is 0.250. The monoisotopic (exact) mass is 449 g/mol. The maximum atomic E-state index is 12.9. The van der Waals surface area contributed by atoms with E-state index in [-0.39, 0.29) is 17.9 Å². The standard InChI is InChI=1S/C20H15BrF3N3O/c21-15-8-11(10-25)4-5-14(15)19(26)18-16(6-7-17(18)28)27-13-3-1-2-12(9-13)20(22,23)24/h1-5,8-9,18-19H,6-7,26H2. The van der Waals surface area contributed by atoms with Crippen molar-refractivity contribution in [2.75, 3.05) is 0 Å². The van der Waals surface area contributed by atoms with Crippen molar-refractivity contribution in [2.45, 2.75) is 25.1 Å². The second-order valence-electron chi connectivity index (χ2n) is 6.47. The molecule has 0 bridgehead atoms. The smallest absolute Gasteiger partial charge is 0.323 e. The van der Waals surface area contributed by atoms with Gasteiger partial charge < -0.3 is 5.73 Å². The molecule has 0 heterocycles. The maximum absolute atomic E-state index is 12.9. The fourth-order valence-electron chi connectivity index (χ4n) is 3.25.